The number of rotatable bonds is 2. The maximum atomic E-state index is 9.45. The van der Waals surface area contributed by atoms with Crippen LogP contribution in [0.15, 0.2) is 36.4 Å². The summed E-state index contributed by atoms with van der Waals surface area (Å²) in [6, 6.07) is 10.9. The van der Waals surface area contributed by atoms with Crippen molar-refractivity contribution in [3.05, 3.63) is 42.1 Å². The van der Waals surface area contributed by atoms with Crippen molar-refractivity contribution in [1.82, 2.24) is 4.98 Å². The first kappa shape index (κ1) is 10.5. The summed E-state index contributed by atoms with van der Waals surface area (Å²) in [5.74, 6) is 0.789. The molecule has 0 fully saturated rings. The molecule has 3 N–H and O–H groups in total. The van der Waals surface area contributed by atoms with Crippen LogP contribution in [-0.4, -0.2) is 10.1 Å². The van der Waals surface area contributed by atoms with Crippen molar-refractivity contribution in [3.63, 3.8) is 0 Å². The number of nitrogen functional groups attached to an aromatic ring is 1. The maximum absolute atomic E-state index is 9.45. The quantitative estimate of drug-likeness (QED) is 0.807. The Morgan fingerprint density at radius 3 is 2.75 bits per heavy atom. The minimum atomic E-state index is 0.261. The number of phenolic OH excluding ortho intramolecular Hbond substituents is 1. The number of hydrogen-bond donors (Lipinski definition) is 2. The van der Waals surface area contributed by atoms with Crippen LogP contribution >= 0.6 is 0 Å². The van der Waals surface area contributed by atoms with Gasteiger partial charge in [-0.15, -0.1) is 0 Å². The zero-order valence-corrected chi connectivity index (χ0v) is 9.14. The lowest BCUT2D eigenvalue weighted by molar-refractivity contribution is 0.475. The highest BCUT2D eigenvalue weighted by molar-refractivity contribution is 5.68. The van der Waals surface area contributed by atoms with Gasteiger partial charge in [-0.1, -0.05) is 19.1 Å². The Bertz CT molecular complexity index is 509. The van der Waals surface area contributed by atoms with E-state index in [9.17, 15) is 5.11 Å². The zero-order valence-electron chi connectivity index (χ0n) is 9.14. The monoisotopic (exact) mass is 214 g/mol. The minimum Gasteiger partial charge on any atom is -0.508 e. The Kier molecular flexibility index (Phi) is 2.77. The van der Waals surface area contributed by atoms with E-state index in [0.717, 1.165) is 23.2 Å². The molecule has 82 valence electrons. The van der Waals surface area contributed by atoms with E-state index in [4.69, 9.17) is 5.73 Å². The Hall–Kier alpha value is -2.03. The van der Waals surface area contributed by atoms with Crippen molar-refractivity contribution in [1.29, 1.82) is 0 Å². The number of anilines is 1. The van der Waals surface area contributed by atoms with Crippen molar-refractivity contribution in [3.8, 4) is 16.9 Å². The molecule has 16 heavy (non-hydrogen) atoms. The van der Waals surface area contributed by atoms with Gasteiger partial charge in [-0.05, 0) is 36.2 Å². The molecule has 1 aromatic carbocycles. The fraction of sp³-hybridized carbons (Fsp3) is 0.154. The predicted octanol–water partition coefficient (Wildman–Crippen LogP) is 2.60. The SMILES string of the molecule is CCc1nc(N)ccc1-c1cccc(O)c1. The summed E-state index contributed by atoms with van der Waals surface area (Å²) in [5.41, 5.74) is 8.58. The second-order valence-corrected chi connectivity index (χ2v) is 3.63. The number of aromatic nitrogens is 1. The van der Waals surface area contributed by atoms with Crippen molar-refractivity contribution >= 4 is 5.82 Å². The van der Waals surface area contributed by atoms with Crippen molar-refractivity contribution in [2.75, 3.05) is 5.73 Å². The summed E-state index contributed by atoms with van der Waals surface area (Å²) >= 11 is 0. The summed E-state index contributed by atoms with van der Waals surface area (Å²) in [7, 11) is 0. The molecule has 0 aliphatic rings. The number of aryl methyl sites for hydroxylation is 1. The highest BCUT2D eigenvalue weighted by Gasteiger charge is 2.06. The van der Waals surface area contributed by atoms with E-state index in [-0.39, 0.29) is 5.75 Å². The molecule has 0 aliphatic heterocycles. The Morgan fingerprint density at radius 1 is 1.25 bits per heavy atom. The average molecular weight is 214 g/mol. The Labute approximate surface area is 94.6 Å². The molecule has 0 atom stereocenters. The van der Waals surface area contributed by atoms with Crippen molar-refractivity contribution < 1.29 is 5.11 Å². The second kappa shape index (κ2) is 4.23. The standard InChI is InChI=1S/C13H14N2O/c1-2-12-11(6-7-13(14)15-12)9-4-3-5-10(16)8-9/h3-8,16H,2H2,1H3,(H2,14,15). The number of hydrogen-bond acceptors (Lipinski definition) is 3. The van der Waals surface area contributed by atoms with Crippen LogP contribution in [0.25, 0.3) is 11.1 Å². The first-order valence-electron chi connectivity index (χ1n) is 5.25. The van der Waals surface area contributed by atoms with Gasteiger partial charge in [-0.3, -0.25) is 0 Å². The summed E-state index contributed by atoms with van der Waals surface area (Å²) in [6.07, 6.45) is 0.816. The first-order valence-corrected chi connectivity index (χ1v) is 5.25. The maximum Gasteiger partial charge on any atom is 0.123 e. The summed E-state index contributed by atoms with van der Waals surface area (Å²) < 4.78 is 0. The third kappa shape index (κ3) is 1.98. The number of pyridine rings is 1. The lowest BCUT2D eigenvalue weighted by atomic mass is 10.0. The molecule has 0 saturated heterocycles. The molecule has 0 aliphatic carbocycles. The fourth-order valence-corrected chi connectivity index (χ4v) is 1.72. The lowest BCUT2D eigenvalue weighted by Crippen LogP contribution is -1.97. The van der Waals surface area contributed by atoms with Crippen molar-refractivity contribution in [2.24, 2.45) is 0 Å². The zero-order chi connectivity index (χ0) is 11.5. The van der Waals surface area contributed by atoms with Gasteiger partial charge in [0.15, 0.2) is 0 Å². The Balaban J connectivity index is 2.55. The van der Waals surface area contributed by atoms with Crippen LogP contribution in [0.5, 0.6) is 5.75 Å². The van der Waals surface area contributed by atoms with E-state index >= 15 is 0 Å². The third-order valence-electron chi connectivity index (χ3n) is 2.49. The van der Waals surface area contributed by atoms with Gasteiger partial charge in [-0.2, -0.15) is 0 Å². The van der Waals surface area contributed by atoms with Gasteiger partial charge in [0.05, 0.1) is 5.69 Å². The highest BCUT2D eigenvalue weighted by atomic mass is 16.3. The molecule has 3 nitrogen and oxygen atoms in total. The van der Waals surface area contributed by atoms with Crippen LogP contribution in [0.1, 0.15) is 12.6 Å². The van der Waals surface area contributed by atoms with Gasteiger partial charge >= 0.3 is 0 Å². The summed E-state index contributed by atoms with van der Waals surface area (Å²) in [4.78, 5) is 4.29. The molecule has 0 unspecified atom stereocenters. The van der Waals surface area contributed by atoms with Gasteiger partial charge in [0.1, 0.15) is 11.6 Å². The molecule has 0 amide bonds. The predicted molar refractivity (Wildman–Crippen MR) is 65.1 cm³/mol. The van der Waals surface area contributed by atoms with Gasteiger partial charge < -0.3 is 10.8 Å². The molecular weight excluding hydrogens is 200 g/mol. The normalized spacial score (nSPS) is 10.3. The van der Waals surface area contributed by atoms with Gasteiger partial charge in [0.2, 0.25) is 0 Å². The summed E-state index contributed by atoms with van der Waals surface area (Å²) in [5, 5.41) is 9.45. The van der Waals surface area contributed by atoms with E-state index in [0.29, 0.717) is 5.82 Å². The second-order valence-electron chi connectivity index (χ2n) is 3.63. The molecule has 1 aromatic heterocycles. The number of benzene rings is 1. The minimum absolute atomic E-state index is 0.261. The van der Waals surface area contributed by atoms with E-state index in [1.54, 1.807) is 18.2 Å². The van der Waals surface area contributed by atoms with Crippen LogP contribution in [0.3, 0.4) is 0 Å². The van der Waals surface area contributed by atoms with E-state index < -0.39 is 0 Å². The molecule has 0 radical (unpaired) electrons. The molecule has 1 heterocycles. The van der Waals surface area contributed by atoms with E-state index in [1.165, 1.54) is 0 Å². The van der Waals surface area contributed by atoms with Crippen LogP contribution in [0.4, 0.5) is 5.82 Å². The van der Waals surface area contributed by atoms with Crippen LogP contribution in [0.2, 0.25) is 0 Å². The lowest BCUT2D eigenvalue weighted by Gasteiger charge is -2.08. The number of nitrogens with two attached hydrogens (primary N) is 1. The Morgan fingerprint density at radius 2 is 2.06 bits per heavy atom. The summed E-state index contributed by atoms with van der Waals surface area (Å²) in [6.45, 7) is 2.04. The van der Waals surface area contributed by atoms with Gasteiger partial charge in [-0.25, -0.2) is 4.98 Å². The number of nitrogens with zero attached hydrogens (tertiary/aromatic N) is 1. The molecule has 2 aromatic rings. The van der Waals surface area contributed by atoms with Crippen molar-refractivity contribution in [2.45, 2.75) is 13.3 Å². The van der Waals surface area contributed by atoms with E-state index in [2.05, 4.69) is 4.98 Å². The fourth-order valence-electron chi connectivity index (χ4n) is 1.72. The molecule has 0 bridgehead atoms. The van der Waals surface area contributed by atoms with Crippen LogP contribution in [0, 0.1) is 0 Å². The smallest absolute Gasteiger partial charge is 0.123 e. The number of phenols is 1. The van der Waals surface area contributed by atoms with Crippen LogP contribution in [-0.2, 0) is 6.42 Å². The molecule has 0 spiro atoms. The topological polar surface area (TPSA) is 59.1 Å². The first-order chi connectivity index (χ1) is 7.70. The third-order valence-corrected chi connectivity index (χ3v) is 2.49. The molecule has 0 saturated carbocycles. The molecule has 3 heteroatoms. The van der Waals surface area contributed by atoms with Gasteiger partial charge in [0, 0.05) is 5.56 Å². The van der Waals surface area contributed by atoms with Gasteiger partial charge in [0.25, 0.3) is 0 Å². The average Bonchev–Trinajstić information content (AvgIpc) is 2.28. The molecular formula is C13H14N2O. The van der Waals surface area contributed by atoms with Crippen LogP contribution < -0.4 is 5.73 Å². The largest absolute Gasteiger partial charge is 0.508 e. The van der Waals surface area contributed by atoms with E-state index in [1.807, 2.05) is 25.1 Å². The molecule has 2 rings (SSSR count). The number of aromatic hydroxyl groups is 1. The highest BCUT2D eigenvalue weighted by Crippen LogP contribution is 2.26.